The topological polar surface area (TPSA) is 45.5 Å². The minimum absolute atomic E-state index is 0.0157. The number of nitrogens with one attached hydrogen (secondary N) is 1. The summed E-state index contributed by atoms with van der Waals surface area (Å²) in [5.41, 5.74) is 2.65. The van der Waals surface area contributed by atoms with Crippen molar-refractivity contribution in [1.82, 2.24) is 4.90 Å². The van der Waals surface area contributed by atoms with Crippen molar-refractivity contribution in [3.63, 3.8) is 0 Å². The van der Waals surface area contributed by atoms with E-state index in [0.29, 0.717) is 12.1 Å². The Kier molecular flexibility index (Phi) is 3.20. The highest BCUT2D eigenvalue weighted by Gasteiger charge is 2.33. The summed E-state index contributed by atoms with van der Waals surface area (Å²) in [5, 5.41) is 7.55. The molecule has 0 spiro atoms. The van der Waals surface area contributed by atoms with Gasteiger partial charge in [-0.1, -0.05) is 12.1 Å². The molecule has 0 saturated heterocycles. The first kappa shape index (κ1) is 13.2. The van der Waals surface area contributed by atoms with Crippen LogP contribution in [0.3, 0.4) is 0 Å². The molecule has 0 radical (unpaired) electrons. The minimum atomic E-state index is -0.182. The van der Waals surface area contributed by atoms with Crippen LogP contribution in [0.4, 0.5) is 5.69 Å². The zero-order valence-electron chi connectivity index (χ0n) is 11.7. The third-order valence-electron chi connectivity index (χ3n) is 3.79. The normalized spacial score (nSPS) is 17.2. The standard InChI is InChI=1S/C17H14N2O2S/c20-17-14-5-1-2-6-15(14)18-16(12-7-9-22-11-12)19(17)10-13-4-3-8-21-13/h1-9,11,16,18H,10H2/t16-/m1/s1. The number of benzene rings is 1. The second-order valence-corrected chi connectivity index (χ2v) is 5.94. The van der Waals surface area contributed by atoms with Gasteiger partial charge < -0.3 is 14.6 Å². The molecule has 0 fully saturated rings. The van der Waals surface area contributed by atoms with Crippen LogP contribution in [0, 0.1) is 0 Å². The number of anilines is 1. The summed E-state index contributed by atoms with van der Waals surface area (Å²) in [7, 11) is 0. The third kappa shape index (κ3) is 2.19. The van der Waals surface area contributed by atoms with Gasteiger partial charge in [0.25, 0.3) is 5.91 Å². The molecule has 1 aliphatic rings. The molecule has 5 heteroatoms. The number of fused-ring (bicyclic) bond motifs is 1. The van der Waals surface area contributed by atoms with Gasteiger partial charge in [0.15, 0.2) is 0 Å². The summed E-state index contributed by atoms with van der Waals surface area (Å²) in [6.45, 7) is 0.438. The van der Waals surface area contributed by atoms with Crippen LogP contribution in [0.25, 0.3) is 0 Å². The number of nitrogens with zero attached hydrogens (tertiary/aromatic N) is 1. The predicted molar refractivity (Wildman–Crippen MR) is 85.7 cm³/mol. The van der Waals surface area contributed by atoms with Crippen molar-refractivity contribution in [3.05, 3.63) is 76.4 Å². The van der Waals surface area contributed by atoms with E-state index < -0.39 is 0 Å². The average molecular weight is 310 g/mol. The number of hydrogen-bond acceptors (Lipinski definition) is 4. The van der Waals surface area contributed by atoms with E-state index in [1.807, 2.05) is 52.7 Å². The maximum Gasteiger partial charge on any atom is 0.258 e. The maximum atomic E-state index is 12.9. The molecular weight excluding hydrogens is 296 g/mol. The van der Waals surface area contributed by atoms with Gasteiger partial charge in [0.1, 0.15) is 11.9 Å². The Morgan fingerprint density at radius 1 is 1.18 bits per heavy atom. The van der Waals surface area contributed by atoms with Gasteiger partial charge in [0.05, 0.1) is 18.4 Å². The second-order valence-electron chi connectivity index (χ2n) is 5.16. The molecule has 4 rings (SSSR count). The van der Waals surface area contributed by atoms with E-state index in [0.717, 1.165) is 17.0 Å². The highest BCUT2D eigenvalue weighted by Crippen LogP contribution is 2.34. The van der Waals surface area contributed by atoms with Crippen molar-refractivity contribution >= 4 is 22.9 Å². The summed E-state index contributed by atoms with van der Waals surface area (Å²) in [6, 6.07) is 13.4. The Hall–Kier alpha value is -2.53. The van der Waals surface area contributed by atoms with E-state index in [9.17, 15) is 4.79 Å². The number of thiophene rings is 1. The molecule has 1 N–H and O–H groups in total. The van der Waals surface area contributed by atoms with Crippen molar-refractivity contribution in [1.29, 1.82) is 0 Å². The average Bonchev–Trinajstić information content (AvgIpc) is 3.23. The second kappa shape index (κ2) is 5.35. The van der Waals surface area contributed by atoms with E-state index in [4.69, 9.17) is 4.42 Å². The van der Waals surface area contributed by atoms with Crippen LogP contribution in [0.5, 0.6) is 0 Å². The van der Waals surface area contributed by atoms with Crippen LogP contribution in [-0.2, 0) is 6.54 Å². The van der Waals surface area contributed by atoms with Crippen molar-refractivity contribution in [3.8, 4) is 0 Å². The van der Waals surface area contributed by atoms with Gasteiger partial charge in [-0.2, -0.15) is 11.3 Å². The van der Waals surface area contributed by atoms with Gasteiger partial charge in [-0.25, -0.2) is 0 Å². The Balaban J connectivity index is 1.76. The zero-order valence-corrected chi connectivity index (χ0v) is 12.5. The molecule has 1 amide bonds. The molecule has 3 aromatic rings. The van der Waals surface area contributed by atoms with Crippen molar-refractivity contribution in [2.45, 2.75) is 12.7 Å². The van der Waals surface area contributed by atoms with Crippen LogP contribution in [0.1, 0.15) is 27.8 Å². The smallest absolute Gasteiger partial charge is 0.258 e. The fourth-order valence-corrected chi connectivity index (χ4v) is 3.40. The van der Waals surface area contributed by atoms with Crippen molar-refractivity contribution in [2.75, 3.05) is 5.32 Å². The van der Waals surface area contributed by atoms with Gasteiger partial charge >= 0.3 is 0 Å². The van der Waals surface area contributed by atoms with E-state index in [1.165, 1.54) is 0 Å². The Morgan fingerprint density at radius 2 is 2.09 bits per heavy atom. The molecule has 4 nitrogen and oxygen atoms in total. The summed E-state index contributed by atoms with van der Waals surface area (Å²) in [5.74, 6) is 0.789. The molecule has 1 atom stereocenters. The van der Waals surface area contributed by atoms with Crippen LogP contribution in [0.2, 0.25) is 0 Å². The lowest BCUT2D eigenvalue weighted by molar-refractivity contribution is 0.0652. The first-order valence-corrected chi connectivity index (χ1v) is 7.98. The van der Waals surface area contributed by atoms with Gasteiger partial charge in [-0.15, -0.1) is 0 Å². The van der Waals surface area contributed by atoms with Crippen molar-refractivity contribution in [2.24, 2.45) is 0 Å². The minimum Gasteiger partial charge on any atom is -0.467 e. The molecule has 2 aromatic heterocycles. The van der Waals surface area contributed by atoms with Gasteiger partial charge in [-0.3, -0.25) is 4.79 Å². The van der Waals surface area contributed by atoms with Crippen LogP contribution in [-0.4, -0.2) is 10.8 Å². The van der Waals surface area contributed by atoms with E-state index >= 15 is 0 Å². The van der Waals surface area contributed by atoms with Gasteiger partial charge in [0, 0.05) is 11.3 Å². The first-order valence-electron chi connectivity index (χ1n) is 7.04. The lowest BCUT2D eigenvalue weighted by Gasteiger charge is -2.37. The molecule has 0 aliphatic carbocycles. The number of rotatable bonds is 3. The number of hydrogen-bond donors (Lipinski definition) is 1. The monoisotopic (exact) mass is 310 g/mol. The van der Waals surface area contributed by atoms with E-state index in [1.54, 1.807) is 17.6 Å². The first-order chi connectivity index (χ1) is 10.8. The van der Waals surface area contributed by atoms with Crippen molar-refractivity contribution < 1.29 is 9.21 Å². The number of amides is 1. The lowest BCUT2D eigenvalue weighted by atomic mass is 10.0. The molecule has 22 heavy (non-hydrogen) atoms. The Morgan fingerprint density at radius 3 is 2.86 bits per heavy atom. The number of carbonyl (C=O) groups excluding carboxylic acids is 1. The summed E-state index contributed by atoms with van der Waals surface area (Å²) < 4.78 is 5.42. The molecule has 3 heterocycles. The Labute approximate surface area is 132 Å². The Bertz CT molecular complexity index is 781. The van der Waals surface area contributed by atoms with Gasteiger partial charge in [-0.05, 0) is 41.1 Å². The number of carbonyl (C=O) groups is 1. The molecule has 0 saturated carbocycles. The SMILES string of the molecule is O=C1c2ccccc2N[C@@H](c2ccsc2)N1Cc1ccco1. The number of furan rings is 1. The molecule has 1 aliphatic heterocycles. The lowest BCUT2D eigenvalue weighted by Crippen LogP contribution is -2.42. The van der Waals surface area contributed by atoms with Gasteiger partial charge in [0.2, 0.25) is 0 Å². The van der Waals surface area contributed by atoms with Crippen LogP contribution < -0.4 is 5.32 Å². The quantitative estimate of drug-likeness (QED) is 0.792. The molecule has 0 unspecified atom stereocenters. The fraction of sp³-hybridized carbons (Fsp3) is 0.118. The van der Waals surface area contributed by atoms with E-state index in [-0.39, 0.29) is 12.1 Å². The van der Waals surface area contributed by atoms with Crippen LogP contribution in [0.15, 0.2) is 63.9 Å². The summed E-state index contributed by atoms with van der Waals surface area (Å²) >= 11 is 1.62. The summed E-state index contributed by atoms with van der Waals surface area (Å²) in [4.78, 5) is 14.7. The fourth-order valence-electron chi connectivity index (χ4n) is 2.72. The molecule has 1 aromatic carbocycles. The zero-order chi connectivity index (χ0) is 14.9. The molecule has 0 bridgehead atoms. The highest BCUT2D eigenvalue weighted by molar-refractivity contribution is 7.08. The maximum absolute atomic E-state index is 12.9. The highest BCUT2D eigenvalue weighted by atomic mass is 32.1. The summed E-state index contributed by atoms with van der Waals surface area (Å²) in [6.07, 6.45) is 1.45. The predicted octanol–water partition coefficient (Wildman–Crippen LogP) is 4.11. The number of para-hydroxylation sites is 1. The largest absolute Gasteiger partial charge is 0.467 e. The van der Waals surface area contributed by atoms with Crippen LogP contribution >= 0.6 is 11.3 Å². The molecular formula is C17H14N2O2S. The molecule has 110 valence electrons. The van der Waals surface area contributed by atoms with E-state index in [2.05, 4.69) is 10.7 Å². The third-order valence-corrected chi connectivity index (χ3v) is 4.49.